The second kappa shape index (κ2) is 6.88. The van der Waals surface area contributed by atoms with Crippen molar-refractivity contribution in [2.24, 2.45) is 0 Å². The van der Waals surface area contributed by atoms with E-state index >= 15 is 0 Å². The normalized spacial score (nSPS) is 18.7. The van der Waals surface area contributed by atoms with Crippen molar-refractivity contribution in [2.75, 3.05) is 9.80 Å². The Balaban J connectivity index is 1.67. The van der Waals surface area contributed by atoms with E-state index in [1.54, 1.807) is 0 Å². The van der Waals surface area contributed by atoms with E-state index in [4.69, 9.17) is 0 Å². The van der Waals surface area contributed by atoms with Crippen LogP contribution >= 0.6 is 0 Å². The quantitative estimate of drug-likeness (QED) is 0.302. The lowest BCUT2D eigenvalue weighted by molar-refractivity contribution is 0.450. The molecular formula is C33H30N2. The third-order valence-electron chi connectivity index (χ3n) is 8.29. The van der Waals surface area contributed by atoms with Gasteiger partial charge in [-0.2, -0.15) is 0 Å². The Morgan fingerprint density at radius 3 is 1.94 bits per heavy atom. The van der Waals surface area contributed by atoms with Crippen molar-refractivity contribution in [3.05, 3.63) is 118 Å². The Morgan fingerprint density at radius 2 is 1.26 bits per heavy atom. The first kappa shape index (κ1) is 20.6. The topological polar surface area (TPSA) is 6.48 Å². The van der Waals surface area contributed by atoms with Gasteiger partial charge in [-0.15, -0.1) is 0 Å². The molecule has 3 aliphatic heterocycles. The standard InChI is InChI=1S/C33H30N2/c1-20-16-26-25-18-21(2)22(3)19-27(25)31-29(23-12-8-6-9-13-23)34(24-14-10-7-11-15-24)32-33(4,5)28(17-20)30(26)35(31)32/h6-19,32H,1-5H3. The number of benzene rings is 4. The zero-order valence-corrected chi connectivity index (χ0v) is 21.1. The van der Waals surface area contributed by atoms with Crippen molar-refractivity contribution in [1.29, 1.82) is 0 Å². The summed E-state index contributed by atoms with van der Waals surface area (Å²) >= 11 is 0. The SMILES string of the molecule is Cc1cc2c3c(c1)C(C)(C)C1N(c4ccccc4)C(c4ccccc4)=C(c4cc(C)c(C)cc4-2)N31. The molecule has 0 spiro atoms. The third kappa shape index (κ3) is 2.60. The molecule has 0 fully saturated rings. The lowest BCUT2D eigenvalue weighted by Gasteiger charge is -2.38. The monoisotopic (exact) mass is 454 g/mol. The smallest absolute Gasteiger partial charge is 0.120 e. The van der Waals surface area contributed by atoms with Gasteiger partial charge >= 0.3 is 0 Å². The van der Waals surface area contributed by atoms with Crippen LogP contribution in [0.15, 0.2) is 84.9 Å². The molecule has 35 heavy (non-hydrogen) atoms. The van der Waals surface area contributed by atoms with Crippen LogP contribution in [-0.4, -0.2) is 6.17 Å². The number of nitrogens with zero attached hydrogens (tertiary/aromatic N) is 2. The van der Waals surface area contributed by atoms with Gasteiger partial charge in [0.05, 0.1) is 17.1 Å². The van der Waals surface area contributed by atoms with Gasteiger partial charge in [0.15, 0.2) is 0 Å². The first-order valence-electron chi connectivity index (χ1n) is 12.6. The minimum Gasteiger partial charge on any atom is -0.317 e. The number of fused-ring (bicyclic) bond motifs is 3. The third-order valence-corrected chi connectivity index (χ3v) is 8.29. The highest BCUT2D eigenvalue weighted by Crippen LogP contribution is 2.63. The van der Waals surface area contributed by atoms with Gasteiger partial charge < -0.3 is 9.80 Å². The van der Waals surface area contributed by atoms with E-state index in [1.807, 2.05) is 0 Å². The number of hydrogen-bond donors (Lipinski definition) is 0. The highest BCUT2D eigenvalue weighted by atomic mass is 15.5. The maximum absolute atomic E-state index is 2.66. The van der Waals surface area contributed by atoms with Crippen LogP contribution in [0.2, 0.25) is 0 Å². The summed E-state index contributed by atoms with van der Waals surface area (Å²) in [6.45, 7) is 11.6. The molecule has 7 rings (SSSR count). The predicted octanol–water partition coefficient (Wildman–Crippen LogP) is 8.06. The van der Waals surface area contributed by atoms with Crippen molar-refractivity contribution in [1.82, 2.24) is 0 Å². The fourth-order valence-electron chi connectivity index (χ4n) is 6.56. The van der Waals surface area contributed by atoms with Crippen molar-refractivity contribution in [3.8, 4) is 11.1 Å². The van der Waals surface area contributed by atoms with Crippen molar-refractivity contribution in [2.45, 2.75) is 46.2 Å². The molecule has 3 aliphatic rings. The molecule has 0 N–H and O–H groups in total. The Kier molecular flexibility index (Phi) is 4.05. The maximum Gasteiger partial charge on any atom is 0.120 e. The number of anilines is 2. The molecule has 3 heterocycles. The van der Waals surface area contributed by atoms with Crippen LogP contribution in [0.5, 0.6) is 0 Å². The second-order valence-electron chi connectivity index (χ2n) is 10.9. The second-order valence-corrected chi connectivity index (χ2v) is 10.9. The lowest BCUT2D eigenvalue weighted by Crippen LogP contribution is -2.48. The van der Waals surface area contributed by atoms with Gasteiger partial charge in [-0.3, -0.25) is 0 Å². The molecule has 0 amide bonds. The minimum atomic E-state index is -0.0696. The van der Waals surface area contributed by atoms with E-state index in [0.29, 0.717) is 0 Å². The average molecular weight is 455 g/mol. The van der Waals surface area contributed by atoms with Crippen LogP contribution in [-0.2, 0) is 5.41 Å². The molecule has 1 unspecified atom stereocenters. The van der Waals surface area contributed by atoms with Crippen LogP contribution in [0, 0.1) is 20.8 Å². The van der Waals surface area contributed by atoms with E-state index in [0.717, 1.165) is 0 Å². The molecule has 0 saturated carbocycles. The van der Waals surface area contributed by atoms with E-state index < -0.39 is 0 Å². The predicted molar refractivity (Wildman–Crippen MR) is 148 cm³/mol. The van der Waals surface area contributed by atoms with Crippen LogP contribution in [0.4, 0.5) is 11.4 Å². The zero-order valence-electron chi connectivity index (χ0n) is 21.1. The fourth-order valence-corrected chi connectivity index (χ4v) is 6.56. The largest absolute Gasteiger partial charge is 0.317 e. The van der Waals surface area contributed by atoms with Gasteiger partial charge in [0.2, 0.25) is 0 Å². The van der Waals surface area contributed by atoms with Crippen molar-refractivity contribution >= 4 is 22.8 Å². The molecule has 0 bridgehead atoms. The average Bonchev–Trinajstić information content (AvgIpc) is 3.33. The molecule has 2 heteroatoms. The fraction of sp³-hybridized carbons (Fsp3) is 0.212. The van der Waals surface area contributed by atoms with Gasteiger partial charge in [-0.05, 0) is 67.3 Å². The highest BCUT2D eigenvalue weighted by molar-refractivity contribution is 6.15. The number of para-hydroxylation sites is 1. The molecule has 1 atom stereocenters. The Bertz CT molecular complexity index is 1540. The number of hydrogen-bond acceptors (Lipinski definition) is 2. The van der Waals surface area contributed by atoms with Crippen LogP contribution in [0.1, 0.15) is 47.2 Å². The molecule has 172 valence electrons. The summed E-state index contributed by atoms with van der Waals surface area (Å²) < 4.78 is 0. The van der Waals surface area contributed by atoms with E-state index in [1.165, 1.54) is 67.3 Å². The number of aryl methyl sites for hydroxylation is 3. The molecule has 0 aliphatic carbocycles. The first-order chi connectivity index (χ1) is 16.9. The maximum atomic E-state index is 2.66. The van der Waals surface area contributed by atoms with E-state index in [-0.39, 0.29) is 11.6 Å². The molecule has 0 saturated heterocycles. The van der Waals surface area contributed by atoms with Crippen LogP contribution in [0.25, 0.3) is 22.5 Å². The Labute approximate surface area is 208 Å². The van der Waals surface area contributed by atoms with Crippen molar-refractivity contribution < 1.29 is 0 Å². The van der Waals surface area contributed by atoms with Crippen LogP contribution < -0.4 is 9.80 Å². The molecular weight excluding hydrogens is 424 g/mol. The summed E-state index contributed by atoms with van der Waals surface area (Å²) in [6, 6.07) is 31.6. The summed E-state index contributed by atoms with van der Waals surface area (Å²) in [6.07, 6.45) is 0.167. The van der Waals surface area contributed by atoms with Gasteiger partial charge in [0, 0.05) is 27.8 Å². The minimum absolute atomic E-state index is 0.0696. The molecule has 2 nitrogen and oxygen atoms in total. The Morgan fingerprint density at radius 1 is 0.629 bits per heavy atom. The Hall–Kier alpha value is -3.78. The van der Waals surface area contributed by atoms with E-state index in [9.17, 15) is 0 Å². The number of rotatable bonds is 2. The zero-order chi connectivity index (χ0) is 24.1. The lowest BCUT2D eigenvalue weighted by atomic mass is 9.80. The molecule has 4 aromatic rings. The summed E-state index contributed by atoms with van der Waals surface area (Å²) in [7, 11) is 0. The summed E-state index contributed by atoms with van der Waals surface area (Å²) in [5, 5.41) is 0. The molecule has 4 aromatic carbocycles. The summed E-state index contributed by atoms with van der Waals surface area (Å²) in [4.78, 5) is 5.27. The first-order valence-corrected chi connectivity index (χ1v) is 12.6. The molecule has 0 aromatic heterocycles. The summed E-state index contributed by atoms with van der Waals surface area (Å²) in [5.41, 5.74) is 16.0. The van der Waals surface area contributed by atoms with Crippen LogP contribution in [0.3, 0.4) is 0 Å². The van der Waals surface area contributed by atoms with E-state index in [2.05, 4.69) is 129 Å². The molecule has 0 radical (unpaired) electrons. The van der Waals surface area contributed by atoms with Gasteiger partial charge in [-0.25, -0.2) is 0 Å². The summed E-state index contributed by atoms with van der Waals surface area (Å²) in [5.74, 6) is 0. The van der Waals surface area contributed by atoms with Gasteiger partial charge in [0.25, 0.3) is 0 Å². The van der Waals surface area contributed by atoms with Gasteiger partial charge in [0.1, 0.15) is 6.17 Å². The van der Waals surface area contributed by atoms with Crippen molar-refractivity contribution in [3.63, 3.8) is 0 Å². The van der Waals surface area contributed by atoms with Gasteiger partial charge in [-0.1, -0.05) is 80.1 Å². The highest BCUT2D eigenvalue weighted by Gasteiger charge is 2.57.